The molecular formula is C11H18O. The van der Waals surface area contributed by atoms with Crippen molar-refractivity contribution in [2.75, 3.05) is 0 Å². The third-order valence-electron chi connectivity index (χ3n) is 1.95. The molecule has 0 atom stereocenters. The normalized spacial score (nSPS) is 13.2. The number of unbranched alkanes of at least 4 members (excludes halogenated alkanes) is 2. The topological polar surface area (TPSA) is 17.1 Å². The van der Waals surface area contributed by atoms with Crippen LogP contribution in [0.1, 0.15) is 40.0 Å². The molecule has 0 rings (SSSR count). The standard InChI is InChI=1S/C11H18O/c1-4-5-6-7-10(2)11(3)8-9-12/h7-9H,4-6H2,1-3H3/b10-7+,11-8+. The van der Waals surface area contributed by atoms with E-state index in [-0.39, 0.29) is 0 Å². The van der Waals surface area contributed by atoms with Gasteiger partial charge in [-0.2, -0.15) is 0 Å². The van der Waals surface area contributed by atoms with E-state index in [2.05, 4.69) is 13.0 Å². The second-order valence-corrected chi connectivity index (χ2v) is 3.02. The van der Waals surface area contributed by atoms with E-state index >= 15 is 0 Å². The van der Waals surface area contributed by atoms with Crippen LogP contribution in [-0.2, 0) is 4.79 Å². The first kappa shape index (κ1) is 11.2. The maximum atomic E-state index is 10.1. The fourth-order valence-corrected chi connectivity index (χ4v) is 0.917. The largest absolute Gasteiger partial charge is 0.299 e. The van der Waals surface area contributed by atoms with Gasteiger partial charge in [0.25, 0.3) is 0 Å². The third-order valence-corrected chi connectivity index (χ3v) is 1.95. The molecular weight excluding hydrogens is 148 g/mol. The fourth-order valence-electron chi connectivity index (χ4n) is 0.917. The molecule has 0 unspecified atom stereocenters. The number of hydrogen-bond acceptors (Lipinski definition) is 1. The molecule has 12 heavy (non-hydrogen) atoms. The van der Waals surface area contributed by atoms with E-state index in [4.69, 9.17) is 0 Å². The van der Waals surface area contributed by atoms with Crippen molar-refractivity contribution in [3.8, 4) is 0 Å². The first-order valence-corrected chi connectivity index (χ1v) is 4.51. The van der Waals surface area contributed by atoms with E-state index < -0.39 is 0 Å². The van der Waals surface area contributed by atoms with E-state index in [1.807, 2.05) is 13.8 Å². The molecule has 0 amide bonds. The van der Waals surface area contributed by atoms with Crippen LogP contribution in [0.25, 0.3) is 0 Å². The highest BCUT2D eigenvalue weighted by molar-refractivity contribution is 5.67. The number of rotatable bonds is 5. The Labute approximate surface area is 75.2 Å². The van der Waals surface area contributed by atoms with Crippen LogP contribution in [0.2, 0.25) is 0 Å². The van der Waals surface area contributed by atoms with Crippen LogP contribution in [0.3, 0.4) is 0 Å². The van der Waals surface area contributed by atoms with Gasteiger partial charge in [0, 0.05) is 0 Å². The smallest absolute Gasteiger partial charge is 0.143 e. The minimum atomic E-state index is 0.840. The van der Waals surface area contributed by atoms with Gasteiger partial charge in [0.2, 0.25) is 0 Å². The minimum absolute atomic E-state index is 0.840. The third kappa shape index (κ3) is 4.89. The Hall–Kier alpha value is -0.850. The predicted octanol–water partition coefficient (Wildman–Crippen LogP) is 3.27. The Morgan fingerprint density at radius 3 is 2.42 bits per heavy atom. The molecule has 0 saturated carbocycles. The van der Waals surface area contributed by atoms with Crippen LogP contribution in [0.4, 0.5) is 0 Å². The number of carbonyl (C=O) groups is 1. The van der Waals surface area contributed by atoms with Gasteiger partial charge in [0.1, 0.15) is 6.29 Å². The molecule has 0 aromatic rings. The number of allylic oxidation sites excluding steroid dienone is 4. The van der Waals surface area contributed by atoms with Gasteiger partial charge in [-0.3, -0.25) is 4.79 Å². The molecule has 1 heteroatoms. The Morgan fingerprint density at radius 2 is 1.92 bits per heavy atom. The second-order valence-electron chi connectivity index (χ2n) is 3.02. The summed E-state index contributed by atoms with van der Waals surface area (Å²) >= 11 is 0. The number of carbonyl (C=O) groups excluding carboxylic acids is 1. The fraction of sp³-hybridized carbons (Fsp3) is 0.545. The first-order chi connectivity index (χ1) is 5.72. The molecule has 0 aliphatic carbocycles. The van der Waals surface area contributed by atoms with E-state index in [0.717, 1.165) is 18.3 Å². The van der Waals surface area contributed by atoms with Crippen molar-refractivity contribution < 1.29 is 4.79 Å². The minimum Gasteiger partial charge on any atom is -0.299 e. The SMILES string of the molecule is CCCC/C=C(C)/C(C)=C/C=O. The van der Waals surface area contributed by atoms with Crippen LogP contribution in [-0.4, -0.2) is 6.29 Å². The van der Waals surface area contributed by atoms with Crippen molar-refractivity contribution in [1.82, 2.24) is 0 Å². The Bertz CT molecular complexity index is 187. The summed E-state index contributed by atoms with van der Waals surface area (Å²) in [6, 6.07) is 0. The lowest BCUT2D eigenvalue weighted by Crippen LogP contribution is -1.80. The van der Waals surface area contributed by atoms with Gasteiger partial charge in [0.15, 0.2) is 0 Å². The summed E-state index contributed by atoms with van der Waals surface area (Å²) < 4.78 is 0. The van der Waals surface area contributed by atoms with Crippen molar-refractivity contribution in [3.05, 3.63) is 23.3 Å². The number of aldehydes is 1. The lowest BCUT2D eigenvalue weighted by Gasteiger charge is -1.98. The van der Waals surface area contributed by atoms with Gasteiger partial charge >= 0.3 is 0 Å². The van der Waals surface area contributed by atoms with Crippen molar-refractivity contribution >= 4 is 6.29 Å². The summed E-state index contributed by atoms with van der Waals surface area (Å²) in [5, 5.41) is 0. The van der Waals surface area contributed by atoms with Gasteiger partial charge in [-0.25, -0.2) is 0 Å². The molecule has 0 heterocycles. The van der Waals surface area contributed by atoms with Gasteiger partial charge in [-0.1, -0.05) is 31.4 Å². The average molecular weight is 166 g/mol. The summed E-state index contributed by atoms with van der Waals surface area (Å²) in [5.74, 6) is 0. The van der Waals surface area contributed by atoms with E-state index in [9.17, 15) is 4.79 Å². The van der Waals surface area contributed by atoms with Gasteiger partial charge in [-0.15, -0.1) is 0 Å². The second kappa shape index (κ2) is 6.84. The van der Waals surface area contributed by atoms with E-state index in [0.29, 0.717) is 0 Å². The molecule has 0 aromatic carbocycles. The van der Waals surface area contributed by atoms with Crippen molar-refractivity contribution in [2.45, 2.75) is 40.0 Å². The summed E-state index contributed by atoms with van der Waals surface area (Å²) in [6.07, 6.45) is 8.21. The summed E-state index contributed by atoms with van der Waals surface area (Å²) in [4.78, 5) is 10.1. The quantitative estimate of drug-likeness (QED) is 0.265. The monoisotopic (exact) mass is 166 g/mol. The lowest BCUT2D eigenvalue weighted by molar-refractivity contribution is -0.104. The molecule has 0 aliphatic rings. The van der Waals surface area contributed by atoms with Crippen molar-refractivity contribution in [3.63, 3.8) is 0 Å². The summed E-state index contributed by atoms with van der Waals surface area (Å²) in [7, 11) is 0. The molecule has 0 fully saturated rings. The van der Waals surface area contributed by atoms with Crippen LogP contribution < -0.4 is 0 Å². The zero-order valence-electron chi connectivity index (χ0n) is 8.26. The van der Waals surface area contributed by atoms with Crippen LogP contribution in [0, 0.1) is 0 Å². The maximum absolute atomic E-state index is 10.1. The molecule has 0 aliphatic heterocycles. The van der Waals surface area contributed by atoms with E-state index in [1.165, 1.54) is 18.4 Å². The molecule has 0 aromatic heterocycles. The zero-order valence-corrected chi connectivity index (χ0v) is 8.26. The predicted molar refractivity (Wildman–Crippen MR) is 53.1 cm³/mol. The van der Waals surface area contributed by atoms with E-state index in [1.54, 1.807) is 6.08 Å². The highest BCUT2D eigenvalue weighted by Gasteiger charge is 1.90. The Balaban J connectivity index is 3.98. The van der Waals surface area contributed by atoms with Gasteiger partial charge in [0.05, 0.1) is 0 Å². The van der Waals surface area contributed by atoms with Gasteiger partial charge < -0.3 is 0 Å². The molecule has 1 nitrogen and oxygen atoms in total. The molecule has 0 N–H and O–H groups in total. The van der Waals surface area contributed by atoms with Crippen LogP contribution in [0.5, 0.6) is 0 Å². The summed E-state index contributed by atoms with van der Waals surface area (Å²) in [5.41, 5.74) is 2.29. The highest BCUT2D eigenvalue weighted by Crippen LogP contribution is 2.09. The molecule has 0 radical (unpaired) electrons. The maximum Gasteiger partial charge on any atom is 0.143 e. The van der Waals surface area contributed by atoms with Gasteiger partial charge in [-0.05, 0) is 31.9 Å². The van der Waals surface area contributed by atoms with Crippen molar-refractivity contribution in [1.29, 1.82) is 0 Å². The first-order valence-electron chi connectivity index (χ1n) is 4.51. The molecule has 0 bridgehead atoms. The zero-order chi connectivity index (χ0) is 9.40. The van der Waals surface area contributed by atoms with Crippen LogP contribution >= 0.6 is 0 Å². The molecule has 0 saturated heterocycles. The highest BCUT2D eigenvalue weighted by atomic mass is 16.1. The Kier molecular flexibility index (Phi) is 6.35. The lowest BCUT2D eigenvalue weighted by atomic mass is 10.1. The van der Waals surface area contributed by atoms with Crippen LogP contribution in [0.15, 0.2) is 23.3 Å². The molecule has 68 valence electrons. The number of hydrogen-bond donors (Lipinski definition) is 0. The summed E-state index contributed by atoms with van der Waals surface area (Å²) in [6.45, 7) is 6.19. The van der Waals surface area contributed by atoms with Crippen molar-refractivity contribution in [2.24, 2.45) is 0 Å². The Morgan fingerprint density at radius 1 is 1.25 bits per heavy atom. The molecule has 0 spiro atoms. The average Bonchev–Trinajstić information content (AvgIpc) is 2.05.